The van der Waals surface area contributed by atoms with Crippen LogP contribution in [0.4, 0.5) is 17.6 Å². The van der Waals surface area contributed by atoms with Crippen molar-refractivity contribution < 1.29 is 26.0 Å². The van der Waals surface area contributed by atoms with Gasteiger partial charge in [-0.15, -0.1) is 0 Å². The minimum atomic E-state index is -4.56. The molecule has 1 aromatic heterocycles. The molecule has 0 radical (unpaired) electrons. The number of benzene rings is 2. The standard InChI is InChI=1S/C29H27F4N3O2S/c1-28-16-18-17-34-36(21-10-8-20(30)9-11-21)26(18)15-19(28)7-12-23-24(28)13-14-25(29(31,32)33)27(23)35-39(37,38)22-5-3-2-4-6-22/h2-6,8-11,13,15,17,23,25,27,35H,7,12,14,16H2,1H3/t23-,25+,27+,28-/m0/s1. The molecule has 0 saturated heterocycles. The average Bonchev–Trinajstić information content (AvgIpc) is 3.29. The van der Waals surface area contributed by atoms with E-state index < -0.39 is 39.5 Å². The fourth-order valence-corrected chi connectivity index (χ4v) is 7.92. The summed E-state index contributed by atoms with van der Waals surface area (Å²) < 4.78 is 86.8. The van der Waals surface area contributed by atoms with Crippen LogP contribution in [0.1, 0.15) is 37.4 Å². The molecule has 3 aromatic rings. The lowest BCUT2D eigenvalue weighted by Gasteiger charge is -2.51. The first-order chi connectivity index (χ1) is 18.5. The van der Waals surface area contributed by atoms with Crippen LogP contribution in [-0.2, 0) is 16.4 Å². The van der Waals surface area contributed by atoms with Crippen molar-refractivity contribution in [2.24, 2.45) is 17.3 Å². The Kier molecular flexibility index (Phi) is 6.11. The molecule has 3 aliphatic carbocycles. The lowest BCUT2D eigenvalue weighted by molar-refractivity contribution is -0.185. The summed E-state index contributed by atoms with van der Waals surface area (Å²) in [5, 5.41) is 4.52. The molecule has 3 aliphatic rings. The molecule has 1 heterocycles. The summed E-state index contributed by atoms with van der Waals surface area (Å²) in [6, 6.07) is 12.3. The summed E-state index contributed by atoms with van der Waals surface area (Å²) in [5.74, 6) is -2.76. The number of rotatable bonds is 4. The van der Waals surface area contributed by atoms with E-state index in [1.54, 1.807) is 47.3 Å². The van der Waals surface area contributed by atoms with Crippen molar-refractivity contribution in [2.45, 2.75) is 49.7 Å². The quantitative estimate of drug-likeness (QED) is 0.306. The fraction of sp³-hybridized carbons (Fsp3) is 0.345. The molecule has 0 aliphatic heterocycles. The number of alkyl halides is 3. The molecule has 6 rings (SSSR count). The van der Waals surface area contributed by atoms with Crippen LogP contribution in [0, 0.1) is 23.1 Å². The van der Waals surface area contributed by atoms with Crippen LogP contribution in [0.2, 0.25) is 0 Å². The van der Waals surface area contributed by atoms with Gasteiger partial charge >= 0.3 is 6.18 Å². The topological polar surface area (TPSA) is 64.0 Å². The van der Waals surface area contributed by atoms with Gasteiger partial charge in [-0.3, -0.25) is 0 Å². The number of aromatic nitrogens is 2. The SMILES string of the molecule is C[C@]12Cc3cnn(-c4ccc(F)cc4)c3C=C1CC[C@H]1C2=CC[C@@H](C(F)(F)F)[C@@H]1NS(=O)(=O)c1ccccc1. The van der Waals surface area contributed by atoms with Crippen molar-refractivity contribution in [1.29, 1.82) is 0 Å². The van der Waals surface area contributed by atoms with Gasteiger partial charge in [0.2, 0.25) is 10.0 Å². The third kappa shape index (κ3) is 4.43. The van der Waals surface area contributed by atoms with Gasteiger partial charge in [-0.2, -0.15) is 18.3 Å². The van der Waals surface area contributed by atoms with Gasteiger partial charge in [0.25, 0.3) is 0 Å². The Hall–Kier alpha value is -3.24. The van der Waals surface area contributed by atoms with Crippen molar-refractivity contribution in [2.75, 3.05) is 0 Å². The first kappa shape index (κ1) is 26.0. The Bertz CT molecular complexity index is 1580. The summed E-state index contributed by atoms with van der Waals surface area (Å²) in [6.45, 7) is 2.03. The highest BCUT2D eigenvalue weighted by Crippen LogP contribution is 2.57. The fourth-order valence-electron chi connectivity index (χ4n) is 6.58. The van der Waals surface area contributed by atoms with Crippen LogP contribution in [-0.4, -0.2) is 30.4 Å². The second-order valence-corrected chi connectivity index (χ2v) is 12.5. The van der Waals surface area contributed by atoms with Gasteiger partial charge in [-0.1, -0.05) is 42.3 Å². The highest BCUT2D eigenvalue weighted by molar-refractivity contribution is 7.89. The minimum absolute atomic E-state index is 0.0554. The maximum Gasteiger partial charge on any atom is 0.393 e. The van der Waals surface area contributed by atoms with Gasteiger partial charge in [0.15, 0.2) is 0 Å². The van der Waals surface area contributed by atoms with Crippen molar-refractivity contribution in [3.8, 4) is 5.69 Å². The first-order valence-electron chi connectivity index (χ1n) is 12.9. The zero-order chi connectivity index (χ0) is 27.6. The van der Waals surface area contributed by atoms with Crippen molar-refractivity contribution in [3.05, 3.63) is 95.1 Å². The number of allylic oxidation sites excluding steroid dienone is 2. The van der Waals surface area contributed by atoms with Crippen LogP contribution in [0.15, 0.2) is 82.9 Å². The number of fused-ring (bicyclic) bond motifs is 4. The first-order valence-corrected chi connectivity index (χ1v) is 14.3. The van der Waals surface area contributed by atoms with Gasteiger partial charge < -0.3 is 0 Å². The highest BCUT2D eigenvalue weighted by Gasteiger charge is 2.55. The summed E-state index contributed by atoms with van der Waals surface area (Å²) in [6.07, 6.45) is 2.10. The van der Waals surface area contributed by atoms with Crippen LogP contribution in [0.5, 0.6) is 0 Å². The summed E-state index contributed by atoms with van der Waals surface area (Å²) in [5.41, 5.74) is 3.90. The van der Waals surface area contributed by atoms with Gasteiger partial charge in [0, 0.05) is 11.5 Å². The molecule has 1 fully saturated rings. The Morgan fingerprint density at radius 3 is 2.49 bits per heavy atom. The molecule has 5 nitrogen and oxygen atoms in total. The molecular formula is C29H27F4N3O2S. The molecule has 4 atom stereocenters. The van der Waals surface area contributed by atoms with Crippen LogP contribution in [0.3, 0.4) is 0 Å². The molecule has 39 heavy (non-hydrogen) atoms. The largest absolute Gasteiger partial charge is 0.393 e. The third-order valence-electron chi connectivity index (χ3n) is 8.51. The van der Waals surface area contributed by atoms with E-state index in [4.69, 9.17) is 0 Å². The molecule has 204 valence electrons. The number of sulfonamides is 1. The summed E-state index contributed by atoms with van der Waals surface area (Å²) >= 11 is 0. The van der Waals surface area contributed by atoms with E-state index in [1.807, 2.05) is 13.0 Å². The lowest BCUT2D eigenvalue weighted by atomic mass is 9.55. The molecule has 0 bridgehead atoms. The lowest BCUT2D eigenvalue weighted by Crippen LogP contribution is -2.55. The van der Waals surface area contributed by atoms with Gasteiger partial charge in [-0.25, -0.2) is 22.2 Å². The van der Waals surface area contributed by atoms with E-state index in [9.17, 15) is 26.0 Å². The van der Waals surface area contributed by atoms with E-state index >= 15 is 0 Å². The zero-order valence-corrected chi connectivity index (χ0v) is 21.9. The monoisotopic (exact) mass is 557 g/mol. The highest BCUT2D eigenvalue weighted by atomic mass is 32.2. The molecule has 2 aromatic carbocycles. The number of hydrogen-bond acceptors (Lipinski definition) is 3. The Morgan fingerprint density at radius 1 is 1.08 bits per heavy atom. The normalized spacial score (nSPS) is 26.6. The molecule has 0 amide bonds. The third-order valence-corrected chi connectivity index (χ3v) is 9.98. The van der Waals surface area contributed by atoms with Gasteiger partial charge in [0.05, 0.1) is 28.4 Å². The Morgan fingerprint density at radius 2 is 1.79 bits per heavy atom. The molecule has 10 heteroatoms. The maximum absolute atomic E-state index is 14.2. The van der Waals surface area contributed by atoms with E-state index in [0.29, 0.717) is 24.9 Å². The Balaban J connectivity index is 1.37. The molecule has 0 unspecified atom stereocenters. The minimum Gasteiger partial charge on any atom is -0.233 e. The number of nitrogens with one attached hydrogen (secondary N) is 1. The van der Waals surface area contributed by atoms with Crippen LogP contribution >= 0.6 is 0 Å². The van der Waals surface area contributed by atoms with E-state index in [0.717, 1.165) is 22.4 Å². The summed E-state index contributed by atoms with van der Waals surface area (Å²) in [4.78, 5) is -0.0554. The van der Waals surface area contributed by atoms with Crippen LogP contribution in [0.25, 0.3) is 11.8 Å². The zero-order valence-electron chi connectivity index (χ0n) is 21.1. The van der Waals surface area contributed by atoms with Gasteiger partial charge in [-0.05, 0) is 79.6 Å². The Labute approximate surface area is 224 Å². The second-order valence-electron chi connectivity index (χ2n) is 10.8. The maximum atomic E-state index is 14.2. The molecule has 1 saturated carbocycles. The predicted molar refractivity (Wildman–Crippen MR) is 139 cm³/mol. The van der Waals surface area contributed by atoms with Crippen molar-refractivity contribution in [1.82, 2.24) is 14.5 Å². The molecule has 1 N–H and O–H groups in total. The van der Waals surface area contributed by atoms with Crippen LogP contribution < -0.4 is 4.72 Å². The van der Waals surface area contributed by atoms with E-state index in [2.05, 4.69) is 9.82 Å². The summed E-state index contributed by atoms with van der Waals surface area (Å²) in [7, 11) is -4.16. The van der Waals surface area contributed by atoms with E-state index in [-0.39, 0.29) is 17.1 Å². The average molecular weight is 558 g/mol. The van der Waals surface area contributed by atoms with E-state index in [1.165, 1.54) is 24.3 Å². The molecule has 0 spiro atoms. The predicted octanol–water partition coefficient (Wildman–Crippen LogP) is 6.22. The van der Waals surface area contributed by atoms with Crippen molar-refractivity contribution >= 4 is 16.1 Å². The van der Waals surface area contributed by atoms with Gasteiger partial charge in [0.1, 0.15) is 5.82 Å². The smallest absolute Gasteiger partial charge is 0.233 e. The second kappa shape index (κ2) is 9.16. The molecular weight excluding hydrogens is 530 g/mol. The number of hydrogen-bond donors (Lipinski definition) is 1. The number of nitrogens with zero attached hydrogens (tertiary/aromatic N) is 2. The number of halogens is 4. The van der Waals surface area contributed by atoms with Crippen molar-refractivity contribution in [3.63, 3.8) is 0 Å².